The first kappa shape index (κ1) is 18.5. The van der Waals surface area contributed by atoms with Gasteiger partial charge in [-0.25, -0.2) is 10.6 Å². The molecule has 0 saturated carbocycles. The number of nitrogens with zero attached hydrogens (tertiary/aromatic N) is 4. The molecule has 0 unspecified atom stereocenters. The number of ether oxygens (including phenoxy) is 1. The van der Waals surface area contributed by atoms with Gasteiger partial charge < -0.3 is 26.3 Å². The highest BCUT2D eigenvalue weighted by Gasteiger charge is 2.59. The standard InChI is InChI=1S/C14H21F2N7O3/c15-14(16)11(24)9(7-21-3-4-23(19)8(5-17)6-21)26-12(14)22-2-1-10(18)20-13(22)25/h1-2,5,9,11-12,24H,3-4,6-7,17,19H2,(H2,18,20,25)/b8-5-/t9-,11-,12-/m1/s1. The molecule has 26 heavy (non-hydrogen) atoms. The molecule has 2 aliphatic heterocycles. The fourth-order valence-corrected chi connectivity index (χ4v) is 3.07. The maximum absolute atomic E-state index is 14.5. The van der Waals surface area contributed by atoms with E-state index in [1.54, 1.807) is 4.90 Å². The number of aromatic nitrogens is 2. The van der Waals surface area contributed by atoms with E-state index in [1.807, 2.05) is 0 Å². The van der Waals surface area contributed by atoms with Gasteiger partial charge in [-0.3, -0.25) is 9.47 Å². The zero-order chi connectivity index (χ0) is 19.1. The highest BCUT2D eigenvalue weighted by atomic mass is 19.3. The van der Waals surface area contributed by atoms with Gasteiger partial charge in [0.2, 0.25) is 6.23 Å². The number of anilines is 1. The van der Waals surface area contributed by atoms with Crippen molar-refractivity contribution in [1.82, 2.24) is 19.5 Å². The van der Waals surface area contributed by atoms with Gasteiger partial charge in [0.25, 0.3) is 0 Å². The summed E-state index contributed by atoms with van der Waals surface area (Å²) in [5.74, 6) is 2.00. The minimum absolute atomic E-state index is 0.0234. The number of nitrogen functional groups attached to an aromatic ring is 1. The Morgan fingerprint density at radius 3 is 2.85 bits per heavy atom. The van der Waals surface area contributed by atoms with Crippen molar-refractivity contribution in [1.29, 1.82) is 0 Å². The first-order valence-corrected chi connectivity index (χ1v) is 7.95. The first-order valence-electron chi connectivity index (χ1n) is 7.95. The molecular formula is C14H21F2N7O3. The molecular weight excluding hydrogens is 352 g/mol. The topological polar surface area (TPSA) is 149 Å². The van der Waals surface area contributed by atoms with E-state index in [0.29, 0.717) is 29.9 Å². The Kier molecular flexibility index (Phi) is 4.84. The monoisotopic (exact) mass is 373 g/mol. The second-order valence-corrected chi connectivity index (χ2v) is 6.28. The quantitative estimate of drug-likeness (QED) is 0.442. The molecule has 10 nitrogen and oxygen atoms in total. The van der Waals surface area contributed by atoms with E-state index < -0.39 is 30.0 Å². The number of aliphatic hydroxyl groups is 1. The average Bonchev–Trinajstić information content (AvgIpc) is 2.80. The Bertz CT molecular complexity index is 756. The van der Waals surface area contributed by atoms with E-state index in [1.165, 1.54) is 17.3 Å². The van der Waals surface area contributed by atoms with Gasteiger partial charge in [0, 0.05) is 38.6 Å². The zero-order valence-corrected chi connectivity index (χ0v) is 13.8. The molecule has 3 rings (SSSR count). The van der Waals surface area contributed by atoms with Crippen molar-refractivity contribution in [2.75, 3.05) is 31.9 Å². The van der Waals surface area contributed by atoms with Crippen LogP contribution in [0.3, 0.4) is 0 Å². The molecule has 2 saturated heterocycles. The fraction of sp³-hybridized carbons (Fsp3) is 0.571. The van der Waals surface area contributed by atoms with Crippen LogP contribution in [0.1, 0.15) is 6.23 Å². The summed E-state index contributed by atoms with van der Waals surface area (Å²) in [6.07, 6.45) is -2.85. The average molecular weight is 373 g/mol. The van der Waals surface area contributed by atoms with Crippen molar-refractivity contribution >= 4 is 5.82 Å². The molecule has 1 aromatic rings. The summed E-state index contributed by atoms with van der Waals surface area (Å²) in [6.45, 7) is 1.29. The Hall–Kier alpha value is -2.28. The number of hydrazine groups is 1. The number of alkyl halides is 2. The number of piperazine rings is 1. The molecule has 1 aromatic heterocycles. The van der Waals surface area contributed by atoms with Gasteiger partial charge in [-0.05, 0) is 6.07 Å². The summed E-state index contributed by atoms with van der Waals surface area (Å²) in [5, 5.41) is 11.5. The van der Waals surface area contributed by atoms with Crippen LogP contribution in [0, 0.1) is 0 Å². The zero-order valence-electron chi connectivity index (χ0n) is 13.8. The van der Waals surface area contributed by atoms with Gasteiger partial charge in [0.05, 0.1) is 5.70 Å². The van der Waals surface area contributed by atoms with E-state index >= 15 is 0 Å². The Morgan fingerprint density at radius 2 is 2.19 bits per heavy atom. The molecule has 0 aliphatic carbocycles. The van der Waals surface area contributed by atoms with Crippen molar-refractivity contribution < 1.29 is 18.6 Å². The van der Waals surface area contributed by atoms with E-state index in [4.69, 9.17) is 22.0 Å². The predicted octanol–water partition coefficient (Wildman–Crippen LogP) is -1.99. The van der Waals surface area contributed by atoms with Crippen LogP contribution < -0.4 is 23.0 Å². The van der Waals surface area contributed by atoms with Gasteiger partial charge in [-0.2, -0.15) is 13.8 Å². The summed E-state index contributed by atoms with van der Waals surface area (Å²) in [4.78, 5) is 17.1. The van der Waals surface area contributed by atoms with Crippen LogP contribution in [-0.2, 0) is 4.74 Å². The molecule has 0 radical (unpaired) electrons. The maximum atomic E-state index is 14.5. The van der Waals surface area contributed by atoms with Gasteiger partial charge >= 0.3 is 11.6 Å². The lowest BCUT2D eigenvalue weighted by atomic mass is 10.1. The van der Waals surface area contributed by atoms with E-state index in [-0.39, 0.29) is 12.4 Å². The molecule has 3 atom stereocenters. The van der Waals surface area contributed by atoms with Crippen molar-refractivity contribution in [3.05, 3.63) is 34.6 Å². The van der Waals surface area contributed by atoms with Crippen LogP contribution in [0.25, 0.3) is 0 Å². The highest BCUT2D eigenvalue weighted by Crippen LogP contribution is 2.42. The third kappa shape index (κ3) is 3.23. The maximum Gasteiger partial charge on any atom is 0.351 e. The van der Waals surface area contributed by atoms with Gasteiger partial charge in [-0.15, -0.1) is 0 Å². The SMILES string of the molecule is N/C=C1/CN(C[C@H]2O[C@@H](n3ccc(N)nc3=O)C(F)(F)[C@@H]2O)CCN1N. The summed E-state index contributed by atoms with van der Waals surface area (Å²) < 4.78 is 35.0. The van der Waals surface area contributed by atoms with Crippen LogP contribution in [0.5, 0.6) is 0 Å². The molecule has 12 heteroatoms. The minimum atomic E-state index is -3.67. The van der Waals surface area contributed by atoms with Gasteiger partial charge in [0.1, 0.15) is 18.0 Å². The lowest BCUT2D eigenvalue weighted by Crippen LogP contribution is -2.51. The van der Waals surface area contributed by atoms with E-state index in [0.717, 1.165) is 6.20 Å². The normalized spacial score (nSPS) is 30.8. The first-order chi connectivity index (χ1) is 12.2. The Morgan fingerprint density at radius 1 is 1.46 bits per heavy atom. The molecule has 144 valence electrons. The third-order valence-electron chi connectivity index (χ3n) is 4.53. The third-order valence-corrected chi connectivity index (χ3v) is 4.53. The molecule has 7 N–H and O–H groups in total. The molecule has 0 spiro atoms. The number of nitrogens with two attached hydrogens (primary N) is 3. The smallest absolute Gasteiger partial charge is 0.351 e. The summed E-state index contributed by atoms with van der Waals surface area (Å²) in [6, 6.07) is 1.21. The molecule has 0 aromatic carbocycles. The molecule has 3 heterocycles. The van der Waals surface area contributed by atoms with Gasteiger partial charge in [-0.1, -0.05) is 0 Å². The minimum Gasteiger partial charge on any atom is -0.403 e. The highest BCUT2D eigenvalue weighted by molar-refractivity contribution is 5.23. The lowest BCUT2D eigenvalue weighted by Gasteiger charge is -2.36. The van der Waals surface area contributed by atoms with Crippen molar-refractivity contribution in [2.24, 2.45) is 11.6 Å². The Balaban J connectivity index is 1.77. The van der Waals surface area contributed by atoms with Crippen LogP contribution in [-0.4, -0.2) is 68.9 Å². The predicted molar refractivity (Wildman–Crippen MR) is 87.4 cm³/mol. The second-order valence-electron chi connectivity index (χ2n) is 6.28. The Labute approximate surface area is 147 Å². The van der Waals surface area contributed by atoms with Crippen LogP contribution >= 0.6 is 0 Å². The fourth-order valence-electron chi connectivity index (χ4n) is 3.07. The van der Waals surface area contributed by atoms with Crippen LogP contribution in [0.4, 0.5) is 14.6 Å². The molecule has 2 fully saturated rings. The summed E-state index contributed by atoms with van der Waals surface area (Å²) in [7, 11) is 0. The van der Waals surface area contributed by atoms with Crippen molar-refractivity contribution in [3.8, 4) is 0 Å². The lowest BCUT2D eigenvalue weighted by molar-refractivity contribution is -0.140. The summed E-state index contributed by atoms with van der Waals surface area (Å²) >= 11 is 0. The number of hydrogen-bond acceptors (Lipinski definition) is 9. The largest absolute Gasteiger partial charge is 0.403 e. The number of aliphatic hydroxyl groups excluding tert-OH is 1. The van der Waals surface area contributed by atoms with Crippen molar-refractivity contribution in [3.63, 3.8) is 0 Å². The second kappa shape index (κ2) is 6.79. The molecule has 0 bridgehead atoms. The number of rotatable bonds is 3. The van der Waals surface area contributed by atoms with Gasteiger partial charge in [0.15, 0.2) is 0 Å². The number of halogens is 2. The number of hydrogen-bond donors (Lipinski definition) is 4. The summed E-state index contributed by atoms with van der Waals surface area (Å²) in [5.41, 5.74) is 10.5. The van der Waals surface area contributed by atoms with Crippen molar-refractivity contribution in [2.45, 2.75) is 24.4 Å². The van der Waals surface area contributed by atoms with E-state index in [9.17, 15) is 18.7 Å². The van der Waals surface area contributed by atoms with E-state index in [2.05, 4.69) is 4.98 Å². The molecule has 0 amide bonds. The van der Waals surface area contributed by atoms with Crippen LogP contribution in [0.2, 0.25) is 0 Å². The van der Waals surface area contributed by atoms with Crippen LogP contribution in [0.15, 0.2) is 29.0 Å². The molecule has 2 aliphatic rings.